The van der Waals surface area contributed by atoms with Crippen molar-refractivity contribution >= 4 is 23.0 Å². The molecule has 5 aromatic rings. The summed E-state index contributed by atoms with van der Waals surface area (Å²) in [5.74, 6) is -4.24. The number of carbonyl (C=O) groups is 2. The molecule has 3 aromatic carbocycles. The molecule has 7 nitrogen and oxygen atoms in total. The highest BCUT2D eigenvalue weighted by Crippen LogP contribution is 2.29. The molecule has 0 spiro atoms. The number of halogens is 3. The minimum Gasteiger partial charge on any atom is -0.324 e. The van der Waals surface area contributed by atoms with E-state index in [0.29, 0.717) is 16.8 Å². The van der Waals surface area contributed by atoms with Gasteiger partial charge >= 0.3 is 0 Å². The summed E-state index contributed by atoms with van der Waals surface area (Å²) in [6, 6.07) is 18.5. The number of hydrogen-bond acceptors (Lipinski definition) is 5. The number of hydrogen-bond donors (Lipinski definition) is 1. The number of benzene rings is 3. The fourth-order valence-corrected chi connectivity index (χ4v) is 4.61. The first-order chi connectivity index (χ1) is 18.9. The second-order valence-electron chi connectivity index (χ2n) is 8.84. The van der Waals surface area contributed by atoms with E-state index in [1.54, 1.807) is 36.4 Å². The third kappa shape index (κ3) is 4.25. The van der Waals surface area contributed by atoms with Crippen LogP contribution < -0.4 is 5.32 Å². The van der Waals surface area contributed by atoms with Gasteiger partial charge in [-0.25, -0.2) is 22.7 Å². The fraction of sp³-hybridized carbons (Fsp3) is 0.0690. The number of nitrogens with zero attached hydrogens (tertiary/aromatic N) is 4. The first-order valence-electron chi connectivity index (χ1n) is 11.9. The average molecular weight is 525 g/mol. The summed E-state index contributed by atoms with van der Waals surface area (Å²) >= 11 is 0. The van der Waals surface area contributed by atoms with E-state index >= 15 is 0 Å². The molecule has 0 saturated heterocycles. The zero-order valence-corrected chi connectivity index (χ0v) is 20.1. The number of aliphatic imine (C=N–C) groups is 1. The number of amides is 1. The molecule has 1 atom stereocenters. The van der Waals surface area contributed by atoms with E-state index in [-0.39, 0.29) is 34.5 Å². The summed E-state index contributed by atoms with van der Waals surface area (Å²) in [7, 11) is 0. The van der Waals surface area contributed by atoms with Crippen molar-refractivity contribution < 1.29 is 22.8 Å². The van der Waals surface area contributed by atoms with Gasteiger partial charge < -0.3 is 5.32 Å². The molecule has 1 aliphatic rings. The van der Waals surface area contributed by atoms with E-state index in [2.05, 4.69) is 20.4 Å². The smallest absolute Gasteiger partial charge is 0.259 e. The average Bonchev–Trinajstić information content (AvgIpc) is 3.27. The topological polar surface area (TPSA) is 88.7 Å². The van der Waals surface area contributed by atoms with Crippen LogP contribution in [0.25, 0.3) is 16.9 Å². The number of carbonyl (C=O) groups excluding carboxylic acids is 2. The summed E-state index contributed by atoms with van der Waals surface area (Å²) < 4.78 is 44.9. The van der Waals surface area contributed by atoms with E-state index in [4.69, 9.17) is 0 Å². The Morgan fingerprint density at radius 2 is 1.64 bits per heavy atom. The molecule has 192 valence electrons. The van der Waals surface area contributed by atoms with E-state index in [1.807, 2.05) is 6.07 Å². The predicted molar refractivity (Wildman–Crippen MR) is 137 cm³/mol. The van der Waals surface area contributed by atoms with E-state index < -0.39 is 35.3 Å². The summed E-state index contributed by atoms with van der Waals surface area (Å²) in [6.07, 6.45) is 1.21. The highest BCUT2D eigenvalue weighted by Gasteiger charge is 2.32. The Kier molecular flexibility index (Phi) is 5.99. The van der Waals surface area contributed by atoms with Crippen molar-refractivity contribution in [3.8, 4) is 11.3 Å². The number of ketones is 1. The van der Waals surface area contributed by atoms with Crippen LogP contribution in [0, 0.1) is 17.5 Å². The third-order valence-corrected chi connectivity index (χ3v) is 6.43. The Bertz CT molecular complexity index is 1800. The Balaban J connectivity index is 1.47. The lowest BCUT2D eigenvalue weighted by molar-refractivity contribution is -0.120. The monoisotopic (exact) mass is 525 g/mol. The van der Waals surface area contributed by atoms with Crippen LogP contribution in [-0.4, -0.2) is 38.2 Å². The molecule has 3 heterocycles. The van der Waals surface area contributed by atoms with Gasteiger partial charge in [0.05, 0.1) is 5.71 Å². The second-order valence-corrected chi connectivity index (χ2v) is 8.84. The highest BCUT2D eigenvalue weighted by atomic mass is 19.2. The molecule has 1 amide bonds. The van der Waals surface area contributed by atoms with Gasteiger partial charge in [0.25, 0.3) is 5.91 Å². The molecular formula is C29H18F3N5O2. The zero-order chi connectivity index (χ0) is 27.1. The van der Waals surface area contributed by atoms with E-state index in [1.165, 1.54) is 41.2 Å². The minimum absolute atomic E-state index is 0.0660. The van der Waals surface area contributed by atoms with Gasteiger partial charge in [-0.15, -0.1) is 0 Å². The Morgan fingerprint density at radius 1 is 0.897 bits per heavy atom. The molecule has 10 heteroatoms. The molecule has 0 saturated carbocycles. The number of rotatable bonds is 4. The minimum atomic E-state index is -1.40. The van der Waals surface area contributed by atoms with Gasteiger partial charge in [-0.05, 0) is 24.3 Å². The first-order valence-corrected chi connectivity index (χ1v) is 11.9. The molecule has 0 unspecified atom stereocenters. The first kappa shape index (κ1) is 24.2. The molecule has 2 aromatic heterocycles. The summed E-state index contributed by atoms with van der Waals surface area (Å²) in [6.45, 7) is 0. The van der Waals surface area contributed by atoms with Gasteiger partial charge in [-0.1, -0.05) is 48.5 Å². The van der Waals surface area contributed by atoms with Gasteiger partial charge in [-0.3, -0.25) is 14.6 Å². The van der Waals surface area contributed by atoms with Crippen LogP contribution in [0.2, 0.25) is 0 Å². The molecule has 39 heavy (non-hydrogen) atoms. The molecule has 1 N–H and O–H groups in total. The molecule has 0 aliphatic carbocycles. The van der Waals surface area contributed by atoms with Crippen molar-refractivity contribution in [2.45, 2.75) is 12.6 Å². The maximum atomic E-state index is 14.8. The van der Waals surface area contributed by atoms with Crippen LogP contribution in [0.3, 0.4) is 0 Å². The largest absolute Gasteiger partial charge is 0.324 e. The Hall–Kier alpha value is -5.12. The van der Waals surface area contributed by atoms with Gasteiger partial charge in [0.2, 0.25) is 0 Å². The van der Waals surface area contributed by atoms with Crippen LogP contribution in [0.1, 0.15) is 27.0 Å². The van der Waals surface area contributed by atoms with Gasteiger partial charge in [0.15, 0.2) is 29.2 Å². The van der Waals surface area contributed by atoms with Crippen LogP contribution in [0.4, 0.5) is 13.2 Å². The molecule has 6 rings (SSSR count). The Labute approximate surface area is 219 Å². The normalized spacial score (nSPS) is 15.0. The van der Waals surface area contributed by atoms with E-state index in [0.717, 1.165) is 6.07 Å². The molecule has 1 aliphatic heterocycles. The summed E-state index contributed by atoms with van der Waals surface area (Å²) in [4.78, 5) is 35.7. The van der Waals surface area contributed by atoms with Crippen LogP contribution >= 0.6 is 0 Å². The maximum Gasteiger partial charge on any atom is 0.259 e. The predicted octanol–water partition coefficient (Wildman–Crippen LogP) is 4.53. The molecule has 0 radical (unpaired) electrons. The van der Waals surface area contributed by atoms with Crippen molar-refractivity contribution in [1.82, 2.24) is 19.9 Å². The Morgan fingerprint density at radius 3 is 2.44 bits per heavy atom. The maximum absolute atomic E-state index is 14.8. The molecule has 0 fully saturated rings. The lowest BCUT2D eigenvalue weighted by Crippen LogP contribution is -2.40. The van der Waals surface area contributed by atoms with Gasteiger partial charge in [-0.2, -0.15) is 5.10 Å². The second kappa shape index (κ2) is 9.64. The number of nitrogens with one attached hydrogen (secondary N) is 1. The molecule has 0 bridgehead atoms. The number of aromatic nitrogens is 3. The highest BCUT2D eigenvalue weighted by molar-refractivity contribution is 6.16. The van der Waals surface area contributed by atoms with Crippen molar-refractivity contribution in [3.05, 3.63) is 125 Å². The van der Waals surface area contributed by atoms with Crippen LogP contribution in [0.5, 0.6) is 0 Å². The van der Waals surface area contributed by atoms with Crippen LogP contribution in [0.15, 0.2) is 90.2 Å². The van der Waals surface area contributed by atoms with Gasteiger partial charge in [0, 0.05) is 41.1 Å². The van der Waals surface area contributed by atoms with E-state index in [9.17, 15) is 22.8 Å². The van der Waals surface area contributed by atoms with Crippen molar-refractivity contribution in [1.29, 1.82) is 0 Å². The van der Waals surface area contributed by atoms with Crippen molar-refractivity contribution in [2.24, 2.45) is 4.99 Å². The number of Topliss-reactive ketones (excluding diaryl/α,β-unsaturated/α-hetero) is 1. The number of fused-ring (bicyclic) bond motifs is 2. The molecular weight excluding hydrogens is 507 g/mol. The lowest BCUT2D eigenvalue weighted by atomic mass is 9.95. The summed E-state index contributed by atoms with van der Waals surface area (Å²) in [5, 5.41) is 6.85. The van der Waals surface area contributed by atoms with Crippen LogP contribution in [-0.2, 0) is 11.2 Å². The van der Waals surface area contributed by atoms with Crippen molar-refractivity contribution in [2.75, 3.05) is 0 Å². The zero-order valence-electron chi connectivity index (χ0n) is 20.1. The van der Waals surface area contributed by atoms with Gasteiger partial charge in [0.1, 0.15) is 17.1 Å². The van der Waals surface area contributed by atoms with Crippen molar-refractivity contribution in [3.63, 3.8) is 0 Å². The standard InChI is InChI=1S/C29H18F3N5O2/c30-20-11-4-9-17-19(20)15-22(38)27(34-25(17)16-7-2-1-3-8-16)35-29(39)23-26(18-10-5-12-21(31)24(18)32)36-37-14-6-13-33-28(23)37/h1-14,27H,15H2,(H,35,39)/t27-/m1/s1. The SMILES string of the molecule is O=C(N[C@H]1N=C(c2ccccc2)c2cccc(F)c2CC1=O)c1c(-c2cccc(F)c2F)nn2cccnc12. The lowest BCUT2D eigenvalue weighted by Gasteiger charge is -2.14. The summed E-state index contributed by atoms with van der Waals surface area (Å²) in [5.41, 5.74) is 1.04. The fourth-order valence-electron chi connectivity index (χ4n) is 4.61. The third-order valence-electron chi connectivity index (χ3n) is 6.43. The quantitative estimate of drug-likeness (QED) is 0.374.